The van der Waals surface area contributed by atoms with E-state index in [-0.39, 0.29) is 0 Å². The molecule has 13 rings (SSSR count). The summed E-state index contributed by atoms with van der Waals surface area (Å²) in [6.07, 6.45) is 0. The van der Waals surface area contributed by atoms with Gasteiger partial charge in [0.25, 0.3) is 0 Å². The topological polar surface area (TPSA) is 57.4 Å². The molecule has 62 heavy (non-hydrogen) atoms. The number of thiophene rings is 2. The molecule has 4 nitrogen and oxygen atoms in total. The van der Waals surface area contributed by atoms with Gasteiger partial charge in [-0.05, 0) is 59.7 Å². The molecule has 9 aromatic carbocycles. The van der Waals surface area contributed by atoms with E-state index < -0.39 is 0 Å². The van der Waals surface area contributed by atoms with E-state index in [1.54, 1.807) is 0 Å². The predicted molar refractivity (Wildman–Crippen MR) is 261 cm³/mol. The molecule has 0 fully saturated rings. The molecule has 4 aromatic heterocycles. The van der Waals surface area contributed by atoms with E-state index in [1.807, 2.05) is 71.2 Å². The Bertz CT molecular complexity index is 3890. The fourth-order valence-electron chi connectivity index (χ4n) is 10.0. The Morgan fingerprint density at radius 2 is 0.710 bits per heavy atom. The number of nitriles is 2. The Morgan fingerprint density at radius 3 is 1.16 bits per heavy atom. The Labute approximate surface area is 363 Å². The Morgan fingerprint density at radius 1 is 0.323 bits per heavy atom. The standard InChI is InChI=1S/C56H30N4S2/c57-31-43-53(33-15-3-1-4-16-33)44(32-58)56(60-46-24-12-8-20-36(46)40-30-52-42(28-48(40)60)38-22-10-14-26-50(38)62-52)54(34-17-5-2-6-18-34)55(43)59-45-23-11-7-19-35(45)39-29-51-41(27-47(39)59)37-21-9-13-25-49(37)61-51/h1-30H. The number of benzene rings is 9. The zero-order valence-corrected chi connectivity index (χ0v) is 34.6. The van der Waals surface area contributed by atoms with Gasteiger partial charge in [0.1, 0.15) is 12.1 Å². The van der Waals surface area contributed by atoms with Crippen molar-refractivity contribution in [2.45, 2.75) is 0 Å². The van der Waals surface area contributed by atoms with E-state index in [0.717, 1.165) is 71.7 Å². The van der Waals surface area contributed by atoms with Crippen LogP contribution in [0.3, 0.4) is 0 Å². The molecule has 0 saturated carbocycles. The highest BCUT2D eigenvalue weighted by Gasteiger charge is 2.32. The summed E-state index contributed by atoms with van der Waals surface area (Å²) in [7, 11) is 0. The number of hydrogen-bond donors (Lipinski definition) is 0. The molecule has 0 aliphatic heterocycles. The maximum absolute atomic E-state index is 11.8. The lowest BCUT2D eigenvalue weighted by Gasteiger charge is -2.25. The molecule has 286 valence electrons. The van der Waals surface area contributed by atoms with Crippen LogP contribution < -0.4 is 0 Å². The van der Waals surface area contributed by atoms with Crippen LogP contribution in [0.5, 0.6) is 0 Å². The quantitative estimate of drug-likeness (QED) is 0.178. The van der Waals surface area contributed by atoms with Crippen molar-refractivity contribution in [1.82, 2.24) is 9.13 Å². The number of para-hydroxylation sites is 2. The highest BCUT2D eigenvalue weighted by molar-refractivity contribution is 7.26. The first-order valence-corrected chi connectivity index (χ1v) is 22.2. The van der Waals surface area contributed by atoms with E-state index in [2.05, 4.69) is 155 Å². The number of nitrogens with zero attached hydrogens (tertiary/aromatic N) is 4. The van der Waals surface area contributed by atoms with Gasteiger partial charge in [-0.3, -0.25) is 0 Å². The van der Waals surface area contributed by atoms with Gasteiger partial charge < -0.3 is 9.13 Å². The highest BCUT2D eigenvalue weighted by Crippen LogP contribution is 2.50. The molecule has 0 aliphatic rings. The van der Waals surface area contributed by atoms with E-state index in [0.29, 0.717) is 16.7 Å². The third-order valence-corrected chi connectivity index (χ3v) is 14.9. The van der Waals surface area contributed by atoms with Crippen LogP contribution in [-0.4, -0.2) is 9.13 Å². The van der Waals surface area contributed by atoms with Crippen LogP contribution in [0.4, 0.5) is 0 Å². The van der Waals surface area contributed by atoms with Crippen molar-refractivity contribution in [2.75, 3.05) is 0 Å². The second-order valence-electron chi connectivity index (χ2n) is 15.8. The van der Waals surface area contributed by atoms with E-state index >= 15 is 0 Å². The molecule has 0 N–H and O–H groups in total. The van der Waals surface area contributed by atoms with E-state index in [1.165, 1.54) is 40.3 Å². The Kier molecular flexibility index (Phi) is 7.44. The van der Waals surface area contributed by atoms with Crippen molar-refractivity contribution in [3.8, 4) is 45.8 Å². The molecular formula is C56H30N4S2. The second-order valence-corrected chi connectivity index (χ2v) is 18.0. The van der Waals surface area contributed by atoms with Crippen LogP contribution in [0.15, 0.2) is 182 Å². The summed E-state index contributed by atoms with van der Waals surface area (Å²) in [5.74, 6) is 0. The van der Waals surface area contributed by atoms with Gasteiger partial charge in [0.15, 0.2) is 0 Å². The van der Waals surface area contributed by atoms with Crippen LogP contribution in [0, 0.1) is 22.7 Å². The third-order valence-electron chi connectivity index (χ3n) is 12.6. The lowest BCUT2D eigenvalue weighted by molar-refractivity contribution is 1.12. The summed E-state index contributed by atoms with van der Waals surface area (Å²) in [5.41, 5.74) is 9.49. The molecule has 0 amide bonds. The molecule has 4 heterocycles. The fraction of sp³-hybridized carbons (Fsp3) is 0. The maximum atomic E-state index is 11.8. The largest absolute Gasteiger partial charge is 0.307 e. The van der Waals surface area contributed by atoms with Crippen LogP contribution >= 0.6 is 22.7 Å². The van der Waals surface area contributed by atoms with Gasteiger partial charge in [0, 0.05) is 73.0 Å². The van der Waals surface area contributed by atoms with Gasteiger partial charge in [-0.2, -0.15) is 10.5 Å². The number of fused-ring (bicyclic) bond motifs is 12. The fourth-order valence-corrected chi connectivity index (χ4v) is 12.3. The minimum atomic E-state index is 0.445. The average Bonchev–Trinajstić information content (AvgIpc) is 4.07. The predicted octanol–water partition coefficient (Wildman–Crippen LogP) is 15.7. The van der Waals surface area contributed by atoms with Gasteiger partial charge >= 0.3 is 0 Å². The number of aromatic nitrogens is 2. The molecule has 0 radical (unpaired) electrons. The summed E-state index contributed by atoms with van der Waals surface area (Å²) in [5, 5.41) is 32.7. The minimum Gasteiger partial charge on any atom is -0.307 e. The van der Waals surface area contributed by atoms with Crippen molar-refractivity contribution in [3.63, 3.8) is 0 Å². The molecule has 0 spiro atoms. The number of hydrogen-bond acceptors (Lipinski definition) is 4. The van der Waals surface area contributed by atoms with Gasteiger partial charge in [-0.15, -0.1) is 22.7 Å². The molecular weight excluding hydrogens is 793 g/mol. The first-order chi connectivity index (χ1) is 30.7. The van der Waals surface area contributed by atoms with Gasteiger partial charge in [-0.25, -0.2) is 0 Å². The highest BCUT2D eigenvalue weighted by atomic mass is 32.1. The third kappa shape index (κ3) is 4.79. The number of rotatable bonds is 4. The van der Waals surface area contributed by atoms with E-state index in [4.69, 9.17) is 0 Å². The van der Waals surface area contributed by atoms with Crippen LogP contribution in [0.1, 0.15) is 11.1 Å². The summed E-state index contributed by atoms with van der Waals surface area (Å²) >= 11 is 3.61. The maximum Gasteiger partial charge on any atom is 0.102 e. The normalized spacial score (nSPS) is 11.8. The van der Waals surface area contributed by atoms with Crippen molar-refractivity contribution in [3.05, 3.63) is 193 Å². The molecule has 6 heteroatoms. The van der Waals surface area contributed by atoms with Crippen molar-refractivity contribution in [2.24, 2.45) is 0 Å². The second kappa shape index (κ2) is 13.3. The minimum absolute atomic E-state index is 0.445. The SMILES string of the molecule is N#Cc1c(-c2ccccc2)c(C#N)c(-n2c3ccccc3c3cc4sc5ccccc5c4cc32)c(-c2ccccc2)c1-n1c2ccccc2c2cc3sc4ccccc4c3cc21. The molecule has 0 aliphatic carbocycles. The summed E-state index contributed by atoms with van der Waals surface area (Å²) < 4.78 is 9.53. The van der Waals surface area contributed by atoms with Gasteiger partial charge in [0.05, 0.1) is 44.6 Å². The van der Waals surface area contributed by atoms with Gasteiger partial charge in [-0.1, -0.05) is 133 Å². The van der Waals surface area contributed by atoms with E-state index in [9.17, 15) is 10.5 Å². The molecule has 13 aromatic rings. The lowest BCUT2D eigenvalue weighted by atomic mass is 9.86. The first kappa shape index (κ1) is 34.8. The van der Waals surface area contributed by atoms with Gasteiger partial charge in [0.2, 0.25) is 0 Å². The van der Waals surface area contributed by atoms with Crippen LogP contribution in [-0.2, 0) is 0 Å². The molecule has 0 unspecified atom stereocenters. The monoisotopic (exact) mass is 822 g/mol. The van der Waals surface area contributed by atoms with Crippen molar-refractivity contribution < 1.29 is 0 Å². The smallest absolute Gasteiger partial charge is 0.102 e. The van der Waals surface area contributed by atoms with Crippen molar-refractivity contribution in [1.29, 1.82) is 10.5 Å². The lowest BCUT2D eigenvalue weighted by Crippen LogP contribution is -2.11. The van der Waals surface area contributed by atoms with Crippen molar-refractivity contribution >= 4 is 107 Å². The molecule has 0 saturated heterocycles. The Hall–Kier alpha value is -8.00. The Balaban J connectivity index is 1.30. The van der Waals surface area contributed by atoms with Crippen LogP contribution in [0.25, 0.3) is 118 Å². The first-order valence-electron chi connectivity index (χ1n) is 20.5. The zero-order chi connectivity index (χ0) is 41.1. The summed E-state index contributed by atoms with van der Waals surface area (Å²) in [6, 6.07) is 69.3. The zero-order valence-electron chi connectivity index (χ0n) is 32.9. The summed E-state index contributed by atoms with van der Waals surface area (Å²) in [6.45, 7) is 0. The van der Waals surface area contributed by atoms with Crippen LogP contribution in [0.2, 0.25) is 0 Å². The summed E-state index contributed by atoms with van der Waals surface area (Å²) in [4.78, 5) is 0. The average molecular weight is 823 g/mol. The molecule has 0 bridgehead atoms. The molecule has 0 atom stereocenters.